The molecule has 3 aromatic rings. The van der Waals surface area contributed by atoms with Crippen molar-refractivity contribution >= 4 is 18.5 Å². The third-order valence-electron chi connectivity index (χ3n) is 3.06. The minimum absolute atomic E-state index is 0.536. The monoisotopic (exact) mass is 308 g/mol. The molecule has 1 radical (unpaired) electrons. The van der Waals surface area contributed by atoms with Gasteiger partial charge in [0.15, 0.2) is 0 Å². The van der Waals surface area contributed by atoms with Gasteiger partial charge in [0.25, 0.3) is 0 Å². The zero-order valence-electron chi connectivity index (χ0n) is 11.9. The van der Waals surface area contributed by atoms with Gasteiger partial charge in [-0.05, 0) is 36.4 Å². The van der Waals surface area contributed by atoms with Crippen LogP contribution in [0, 0.1) is 0 Å². The number of rotatable bonds is 5. The highest BCUT2D eigenvalue weighted by molar-refractivity contribution is 7.65. The number of para-hydroxylation sites is 1. The standard InChI is InChI=1S/C18H15NO2P/c20-22(18-14-8-3-9-15-18,19-16-10-4-1-5-11-16)21-17-12-6-2-7-13-17/h1-15H. The molecular weight excluding hydrogens is 293 g/mol. The maximum atomic E-state index is 13.4. The molecular formula is C18H15NO2P. The van der Waals surface area contributed by atoms with Crippen LogP contribution in [0.5, 0.6) is 5.75 Å². The highest BCUT2D eigenvalue weighted by atomic mass is 31.2. The first kappa shape index (κ1) is 14.4. The summed E-state index contributed by atoms with van der Waals surface area (Å²) in [6, 6.07) is 27.4. The lowest BCUT2D eigenvalue weighted by molar-refractivity contribution is 0.486. The number of benzene rings is 3. The lowest BCUT2D eigenvalue weighted by atomic mass is 10.3. The van der Waals surface area contributed by atoms with Gasteiger partial charge >= 0.3 is 7.52 Å². The van der Waals surface area contributed by atoms with Crippen molar-refractivity contribution in [2.75, 3.05) is 0 Å². The third-order valence-corrected chi connectivity index (χ3v) is 4.96. The average molecular weight is 308 g/mol. The normalized spacial score (nSPS) is 13.1. The summed E-state index contributed by atoms with van der Waals surface area (Å²) in [5, 5.41) is 4.96. The Bertz CT molecular complexity index is 715. The lowest BCUT2D eigenvalue weighted by Gasteiger charge is -2.19. The number of nitrogens with zero attached hydrogens (tertiary/aromatic N) is 1. The molecule has 0 aliphatic heterocycles. The van der Waals surface area contributed by atoms with E-state index < -0.39 is 7.52 Å². The van der Waals surface area contributed by atoms with Crippen molar-refractivity contribution in [3.63, 3.8) is 0 Å². The summed E-state index contributed by atoms with van der Waals surface area (Å²) in [7, 11) is -3.39. The summed E-state index contributed by atoms with van der Waals surface area (Å²) in [5.41, 5.74) is 0.630. The van der Waals surface area contributed by atoms with Crippen molar-refractivity contribution < 1.29 is 9.09 Å². The molecule has 0 saturated carbocycles. The van der Waals surface area contributed by atoms with Crippen molar-refractivity contribution in [3.8, 4) is 5.75 Å². The van der Waals surface area contributed by atoms with Gasteiger partial charge in [0.1, 0.15) is 5.75 Å². The van der Waals surface area contributed by atoms with E-state index in [4.69, 9.17) is 4.52 Å². The molecule has 1 unspecified atom stereocenters. The van der Waals surface area contributed by atoms with Gasteiger partial charge < -0.3 is 4.52 Å². The van der Waals surface area contributed by atoms with Gasteiger partial charge in [-0.2, -0.15) is 5.09 Å². The van der Waals surface area contributed by atoms with Gasteiger partial charge in [-0.1, -0.05) is 54.6 Å². The van der Waals surface area contributed by atoms with E-state index in [2.05, 4.69) is 5.09 Å². The summed E-state index contributed by atoms with van der Waals surface area (Å²) in [6.07, 6.45) is 0. The quantitative estimate of drug-likeness (QED) is 0.650. The summed E-state index contributed by atoms with van der Waals surface area (Å²) < 4.78 is 19.1. The highest BCUT2D eigenvalue weighted by Gasteiger charge is 2.29. The lowest BCUT2D eigenvalue weighted by Crippen LogP contribution is -2.15. The zero-order valence-corrected chi connectivity index (χ0v) is 12.8. The molecule has 3 nitrogen and oxygen atoms in total. The van der Waals surface area contributed by atoms with E-state index in [1.165, 1.54) is 0 Å². The Morgan fingerprint density at radius 2 is 1.18 bits per heavy atom. The van der Waals surface area contributed by atoms with Gasteiger partial charge in [0.05, 0.1) is 11.0 Å². The summed E-state index contributed by atoms with van der Waals surface area (Å²) in [4.78, 5) is 0. The van der Waals surface area contributed by atoms with E-state index in [9.17, 15) is 4.57 Å². The van der Waals surface area contributed by atoms with Crippen LogP contribution in [0.3, 0.4) is 0 Å². The Morgan fingerprint density at radius 3 is 1.77 bits per heavy atom. The van der Waals surface area contributed by atoms with Gasteiger partial charge in [-0.3, -0.25) is 0 Å². The minimum Gasteiger partial charge on any atom is -0.425 e. The predicted molar refractivity (Wildman–Crippen MR) is 89.0 cm³/mol. The highest BCUT2D eigenvalue weighted by Crippen LogP contribution is 2.46. The Balaban J connectivity index is 1.97. The first-order chi connectivity index (χ1) is 10.8. The Hall–Kier alpha value is -2.51. The largest absolute Gasteiger partial charge is 0.425 e. The molecule has 0 bridgehead atoms. The van der Waals surface area contributed by atoms with E-state index in [1.54, 1.807) is 24.3 Å². The Kier molecular flexibility index (Phi) is 4.27. The van der Waals surface area contributed by atoms with Crippen LogP contribution in [0.15, 0.2) is 91.0 Å². The molecule has 0 amide bonds. The van der Waals surface area contributed by atoms with Gasteiger partial charge in [0, 0.05) is 0 Å². The van der Waals surface area contributed by atoms with Crippen molar-refractivity contribution in [3.05, 3.63) is 91.0 Å². The second-order valence-electron chi connectivity index (χ2n) is 4.70. The van der Waals surface area contributed by atoms with Crippen molar-refractivity contribution in [1.29, 1.82) is 0 Å². The Morgan fingerprint density at radius 1 is 0.682 bits per heavy atom. The van der Waals surface area contributed by atoms with Crippen LogP contribution < -0.4 is 14.9 Å². The molecule has 0 spiro atoms. The molecule has 1 atom stereocenters. The fourth-order valence-electron chi connectivity index (χ4n) is 2.02. The SMILES string of the molecule is O=P([N]c1ccccc1)(Oc1ccccc1)c1ccccc1. The van der Waals surface area contributed by atoms with Crippen LogP contribution in [0.4, 0.5) is 5.69 Å². The molecule has 0 aliphatic rings. The summed E-state index contributed by atoms with van der Waals surface area (Å²) in [6.45, 7) is 0. The molecule has 4 heteroatoms. The Labute approximate surface area is 130 Å². The fraction of sp³-hybridized carbons (Fsp3) is 0. The van der Waals surface area contributed by atoms with Crippen molar-refractivity contribution in [2.45, 2.75) is 0 Å². The van der Waals surface area contributed by atoms with Gasteiger partial charge in [0.2, 0.25) is 0 Å². The number of hydrogen-bond donors (Lipinski definition) is 0. The van der Waals surface area contributed by atoms with Crippen LogP contribution in [0.25, 0.3) is 0 Å². The molecule has 3 aromatic carbocycles. The van der Waals surface area contributed by atoms with Gasteiger partial charge in [-0.25, -0.2) is 4.57 Å². The van der Waals surface area contributed by atoms with Crippen molar-refractivity contribution in [1.82, 2.24) is 5.09 Å². The number of hydrogen-bond acceptors (Lipinski definition) is 2. The topological polar surface area (TPSA) is 40.4 Å². The minimum atomic E-state index is -3.39. The maximum absolute atomic E-state index is 13.4. The van der Waals surface area contributed by atoms with E-state index in [1.807, 2.05) is 66.7 Å². The second kappa shape index (κ2) is 6.50. The van der Waals surface area contributed by atoms with E-state index in [0.717, 1.165) is 0 Å². The van der Waals surface area contributed by atoms with E-state index >= 15 is 0 Å². The predicted octanol–water partition coefficient (Wildman–Crippen LogP) is 4.52. The summed E-state index contributed by atoms with van der Waals surface area (Å²) >= 11 is 0. The van der Waals surface area contributed by atoms with Crippen LogP contribution in [0.2, 0.25) is 0 Å². The van der Waals surface area contributed by atoms with Crippen LogP contribution in [-0.2, 0) is 4.57 Å². The summed E-state index contributed by atoms with van der Waals surface area (Å²) in [5.74, 6) is 0.536. The van der Waals surface area contributed by atoms with E-state index in [-0.39, 0.29) is 0 Å². The van der Waals surface area contributed by atoms with Gasteiger partial charge in [-0.15, -0.1) is 0 Å². The second-order valence-corrected chi connectivity index (χ2v) is 6.64. The molecule has 0 heterocycles. The first-order valence-corrected chi connectivity index (χ1v) is 8.53. The van der Waals surface area contributed by atoms with Crippen LogP contribution in [0.1, 0.15) is 0 Å². The smallest absolute Gasteiger partial charge is 0.392 e. The molecule has 109 valence electrons. The average Bonchev–Trinajstić information content (AvgIpc) is 2.57. The van der Waals surface area contributed by atoms with E-state index in [0.29, 0.717) is 16.7 Å². The molecule has 3 rings (SSSR count). The van der Waals surface area contributed by atoms with Crippen LogP contribution in [-0.4, -0.2) is 0 Å². The molecule has 0 fully saturated rings. The molecule has 22 heavy (non-hydrogen) atoms. The fourth-order valence-corrected chi connectivity index (χ4v) is 3.67. The molecule has 0 saturated heterocycles. The third kappa shape index (κ3) is 3.38. The zero-order chi connectivity index (χ0) is 15.3. The maximum Gasteiger partial charge on any atom is 0.392 e. The molecule has 0 aromatic heterocycles. The van der Waals surface area contributed by atoms with Crippen LogP contribution >= 0.6 is 7.52 Å². The molecule has 0 aliphatic carbocycles. The molecule has 0 N–H and O–H groups in total. The first-order valence-electron chi connectivity index (χ1n) is 6.95. The van der Waals surface area contributed by atoms with Crippen molar-refractivity contribution in [2.24, 2.45) is 0 Å².